The van der Waals surface area contributed by atoms with Crippen molar-refractivity contribution in [3.8, 4) is 0 Å². The predicted molar refractivity (Wildman–Crippen MR) is 70.4 cm³/mol. The first-order chi connectivity index (χ1) is 9.00. The fourth-order valence-corrected chi connectivity index (χ4v) is 3.77. The van der Waals surface area contributed by atoms with Crippen LogP contribution in [0.25, 0.3) is 0 Å². The summed E-state index contributed by atoms with van der Waals surface area (Å²) < 4.78 is 27.9. The van der Waals surface area contributed by atoms with Crippen LogP contribution in [0.2, 0.25) is 0 Å². The fourth-order valence-electron chi connectivity index (χ4n) is 2.09. The topological polar surface area (TPSA) is 79.6 Å². The van der Waals surface area contributed by atoms with Gasteiger partial charge in [-0.1, -0.05) is 0 Å². The lowest BCUT2D eigenvalue weighted by atomic mass is 10.3. The molecule has 2 rings (SSSR count). The Bertz CT molecular complexity index is 524. The molecule has 1 atom stereocenters. The molecular weight excluding hydrogens is 268 g/mol. The second-order valence-corrected chi connectivity index (χ2v) is 6.87. The molecule has 19 heavy (non-hydrogen) atoms. The van der Waals surface area contributed by atoms with Gasteiger partial charge in [0.05, 0.1) is 24.3 Å². The Balaban J connectivity index is 1.90. The predicted octanol–water partition coefficient (Wildman–Crippen LogP) is 0.998. The van der Waals surface area contributed by atoms with Crippen LogP contribution in [0, 0.1) is 0 Å². The Morgan fingerprint density at radius 3 is 2.89 bits per heavy atom. The van der Waals surface area contributed by atoms with Gasteiger partial charge in [-0.25, -0.2) is 13.2 Å². The number of nitrogens with one attached hydrogen (secondary N) is 1. The average molecular weight is 286 g/mol. The SMILES string of the molecule is CCN(Cc1ccco1)C(=O)NC1CCS(=O)(=O)C1. The first-order valence-corrected chi connectivity index (χ1v) is 8.10. The van der Waals surface area contributed by atoms with Crippen molar-refractivity contribution in [2.45, 2.75) is 25.9 Å². The second kappa shape index (κ2) is 5.64. The number of urea groups is 1. The van der Waals surface area contributed by atoms with Gasteiger partial charge in [-0.3, -0.25) is 0 Å². The molecule has 0 saturated carbocycles. The maximum atomic E-state index is 12.0. The highest BCUT2D eigenvalue weighted by molar-refractivity contribution is 7.91. The minimum absolute atomic E-state index is 0.0387. The molecule has 0 aliphatic carbocycles. The van der Waals surface area contributed by atoms with Gasteiger partial charge in [-0.05, 0) is 25.5 Å². The van der Waals surface area contributed by atoms with Crippen LogP contribution in [0.3, 0.4) is 0 Å². The van der Waals surface area contributed by atoms with E-state index in [0.717, 1.165) is 0 Å². The van der Waals surface area contributed by atoms with Gasteiger partial charge in [-0.15, -0.1) is 0 Å². The summed E-state index contributed by atoms with van der Waals surface area (Å²) in [6.07, 6.45) is 2.05. The molecule has 0 bridgehead atoms. The van der Waals surface area contributed by atoms with Crippen molar-refractivity contribution in [3.63, 3.8) is 0 Å². The van der Waals surface area contributed by atoms with Crippen LogP contribution >= 0.6 is 0 Å². The zero-order valence-corrected chi connectivity index (χ0v) is 11.6. The number of furan rings is 1. The number of carbonyl (C=O) groups is 1. The third-order valence-electron chi connectivity index (χ3n) is 3.16. The van der Waals surface area contributed by atoms with Crippen molar-refractivity contribution in [3.05, 3.63) is 24.2 Å². The Morgan fingerprint density at radius 2 is 2.37 bits per heavy atom. The molecule has 2 heterocycles. The van der Waals surface area contributed by atoms with Gasteiger partial charge >= 0.3 is 6.03 Å². The number of carbonyl (C=O) groups excluding carboxylic acids is 1. The molecule has 2 amide bonds. The van der Waals surface area contributed by atoms with Gasteiger partial charge < -0.3 is 14.6 Å². The number of amides is 2. The lowest BCUT2D eigenvalue weighted by molar-refractivity contribution is 0.190. The Kier molecular flexibility index (Phi) is 4.14. The molecule has 106 valence electrons. The molecule has 7 heteroatoms. The molecule has 1 aliphatic heterocycles. The van der Waals surface area contributed by atoms with Crippen LogP contribution in [0.4, 0.5) is 4.79 Å². The van der Waals surface area contributed by atoms with Crippen molar-refractivity contribution in [1.82, 2.24) is 10.2 Å². The van der Waals surface area contributed by atoms with Gasteiger partial charge in [0.15, 0.2) is 9.84 Å². The van der Waals surface area contributed by atoms with Crippen molar-refractivity contribution < 1.29 is 17.6 Å². The third kappa shape index (κ3) is 3.73. The first-order valence-electron chi connectivity index (χ1n) is 6.28. The Labute approximate surface area is 112 Å². The van der Waals surface area contributed by atoms with E-state index < -0.39 is 9.84 Å². The van der Waals surface area contributed by atoms with Crippen LogP contribution < -0.4 is 5.32 Å². The van der Waals surface area contributed by atoms with Crippen LogP contribution in [0.1, 0.15) is 19.1 Å². The minimum atomic E-state index is -2.98. The van der Waals surface area contributed by atoms with E-state index in [1.165, 1.54) is 0 Å². The number of sulfone groups is 1. The highest BCUT2D eigenvalue weighted by atomic mass is 32.2. The lowest BCUT2D eigenvalue weighted by Gasteiger charge is -2.22. The first kappa shape index (κ1) is 13.9. The van der Waals surface area contributed by atoms with Gasteiger partial charge in [0.25, 0.3) is 0 Å². The summed E-state index contributed by atoms with van der Waals surface area (Å²) in [4.78, 5) is 13.6. The molecule has 1 aromatic heterocycles. The van der Waals surface area contributed by atoms with Gasteiger partial charge in [-0.2, -0.15) is 0 Å². The average Bonchev–Trinajstić information content (AvgIpc) is 2.95. The number of nitrogens with zero attached hydrogens (tertiary/aromatic N) is 1. The van der Waals surface area contributed by atoms with E-state index in [2.05, 4.69) is 5.32 Å². The number of hydrogen-bond acceptors (Lipinski definition) is 4. The molecule has 1 fully saturated rings. The fraction of sp³-hybridized carbons (Fsp3) is 0.583. The summed E-state index contributed by atoms with van der Waals surface area (Å²) in [6.45, 7) is 2.79. The molecule has 1 saturated heterocycles. The smallest absolute Gasteiger partial charge is 0.318 e. The molecule has 1 N–H and O–H groups in total. The Hall–Kier alpha value is -1.50. The normalized spacial score (nSPS) is 21.2. The molecule has 0 radical (unpaired) electrons. The van der Waals surface area contributed by atoms with Crippen LogP contribution in [0.15, 0.2) is 22.8 Å². The monoisotopic (exact) mass is 286 g/mol. The van der Waals surface area contributed by atoms with Crippen LogP contribution in [-0.4, -0.2) is 43.4 Å². The van der Waals surface area contributed by atoms with Crippen molar-refractivity contribution >= 4 is 15.9 Å². The lowest BCUT2D eigenvalue weighted by Crippen LogP contribution is -2.44. The summed E-state index contributed by atoms with van der Waals surface area (Å²) in [5.41, 5.74) is 0. The van der Waals surface area contributed by atoms with Crippen molar-refractivity contribution in [1.29, 1.82) is 0 Å². The maximum Gasteiger partial charge on any atom is 0.318 e. The molecule has 1 aromatic rings. The molecule has 0 aromatic carbocycles. The highest BCUT2D eigenvalue weighted by Crippen LogP contribution is 2.12. The van der Waals surface area contributed by atoms with Crippen molar-refractivity contribution in [2.75, 3.05) is 18.1 Å². The summed E-state index contributed by atoms with van der Waals surface area (Å²) in [6, 6.07) is 3.05. The zero-order valence-electron chi connectivity index (χ0n) is 10.8. The molecular formula is C12H18N2O4S. The molecule has 6 nitrogen and oxygen atoms in total. The van der Waals surface area contributed by atoms with E-state index in [0.29, 0.717) is 25.3 Å². The second-order valence-electron chi connectivity index (χ2n) is 4.64. The van der Waals surface area contributed by atoms with E-state index in [4.69, 9.17) is 4.42 Å². The van der Waals surface area contributed by atoms with Crippen LogP contribution in [-0.2, 0) is 16.4 Å². The quantitative estimate of drug-likeness (QED) is 0.895. The van der Waals surface area contributed by atoms with Crippen LogP contribution in [0.5, 0.6) is 0 Å². The van der Waals surface area contributed by atoms with E-state index in [9.17, 15) is 13.2 Å². The largest absolute Gasteiger partial charge is 0.467 e. The number of rotatable bonds is 4. The van der Waals surface area contributed by atoms with E-state index in [-0.39, 0.29) is 23.6 Å². The molecule has 1 aliphatic rings. The van der Waals surface area contributed by atoms with E-state index >= 15 is 0 Å². The summed E-state index contributed by atoms with van der Waals surface area (Å²) >= 11 is 0. The standard InChI is InChI=1S/C12H18N2O4S/c1-2-14(8-11-4-3-6-18-11)12(15)13-10-5-7-19(16,17)9-10/h3-4,6,10H,2,5,7-9H2,1H3,(H,13,15). The minimum Gasteiger partial charge on any atom is -0.467 e. The summed E-state index contributed by atoms with van der Waals surface area (Å²) in [5.74, 6) is 0.898. The zero-order chi connectivity index (χ0) is 13.9. The van der Waals surface area contributed by atoms with Gasteiger partial charge in [0.1, 0.15) is 5.76 Å². The van der Waals surface area contributed by atoms with Crippen molar-refractivity contribution in [2.24, 2.45) is 0 Å². The van der Waals surface area contributed by atoms with E-state index in [1.807, 2.05) is 6.92 Å². The number of hydrogen-bond donors (Lipinski definition) is 1. The van der Waals surface area contributed by atoms with Gasteiger partial charge in [0.2, 0.25) is 0 Å². The maximum absolute atomic E-state index is 12.0. The summed E-state index contributed by atoms with van der Waals surface area (Å²) in [5, 5.41) is 2.76. The summed E-state index contributed by atoms with van der Waals surface area (Å²) in [7, 11) is -2.98. The van der Waals surface area contributed by atoms with Gasteiger partial charge in [0, 0.05) is 12.6 Å². The highest BCUT2D eigenvalue weighted by Gasteiger charge is 2.29. The Morgan fingerprint density at radius 1 is 1.58 bits per heavy atom. The molecule has 0 spiro atoms. The third-order valence-corrected chi connectivity index (χ3v) is 4.92. The molecule has 1 unspecified atom stereocenters. The van der Waals surface area contributed by atoms with E-state index in [1.54, 1.807) is 23.3 Å².